The summed E-state index contributed by atoms with van der Waals surface area (Å²) in [6.45, 7) is 2.80. The summed E-state index contributed by atoms with van der Waals surface area (Å²) in [6.07, 6.45) is 2.07. The highest BCUT2D eigenvalue weighted by atomic mass is 35.5. The third-order valence-corrected chi connectivity index (χ3v) is 5.58. The lowest BCUT2D eigenvalue weighted by Gasteiger charge is -2.45. The number of fused-ring (bicyclic) bond motifs is 1. The van der Waals surface area contributed by atoms with Crippen LogP contribution < -0.4 is 10.6 Å². The highest BCUT2D eigenvalue weighted by molar-refractivity contribution is 6.31. The molecule has 2 aromatic carbocycles. The van der Waals surface area contributed by atoms with Gasteiger partial charge in [0.15, 0.2) is 0 Å². The zero-order chi connectivity index (χ0) is 17.3. The molecule has 0 radical (unpaired) electrons. The van der Waals surface area contributed by atoms with Crippen molar-refractivity contribution in [3.63, 3.8) is 0 Å². The minimum atomic E-state index is -0.123. The van der Waals surface area contributed by atoms with E-state index >= 15 is 0 Å². The molecule has 0 amide bonds. The molecule has 5 heteroatoms. The van der Waals surface area contributed by atoms with Gasteiger partial charge in [0.05, 0.1) is 16.9 Å². The number of likely N-dealkylation sites (tertiary alicyclic amines) is 1. The number of aliphatic imine (C=N–C) groups is 1. The smallest absolute Gasteiger partial charge is 0.128 e. The van der Waals surface area contributed by atoms with Gasteiger partial charge in [-0.2, -0.15) is 0 Å². The predicted molar refractivity (Wildman–Crippen MR) is 105 cm³/mol. The first-order valence-electron chi connectivity index (χ1n) is 8.78. The third kappa shape index (κ3) is 3.24. The van der Waals surface area contributed by atoms with Crippen molar-refractivity contribution in [2.75, 3.05) is 25.5 Å². The average molecular weight is 355 g/mol. The van der Waals surface area contributed by atoms with Crippen molar-refractivity contribution >= 4 is 28.8 Å². The van der Waals surface area contributed by atoms with Gasteiger partial charge in [0.1, 0.15) is 5.84 Å². The third-order valence-electron chi connectivity index (χ3n) is 5.21. The quantitative estimate of drug-likeness (QED) is 0.854. The largest absolute Gasteiger partial charge is 0.371 e. The van der Waals surface area contributed by atoms with Gasteiger partial charge < -0.3 is 15.5 Å². The molecule has 2 aliphatic rings. The molecule has 0 aromatic heterocycles. The maximum atomic E-state index is 6.32. The van der Waals surface area contributed by atoms with Gasteiger partial charge in [-0.25, -0.2) is 4.99 Å². The zero-order valence-corrected chi connectivity index (χ0v) is 15.2. The number of rotatable bonds is 2. The van der Waals surface area contributed by atoms with E-state index in [2.05, 4.69) is 46.8 Å². The molecule has 4 nitrogen and oxygen atoms in total. The van der Waals surface area contributed by atoms with E-state index < -0.39 is 0 Å². The summed E-state index contributed by atoms with van der Waals surface area (Å²) in [5.41, 5.74) is 3.08. The normalized spacial score (nSPS) is 19.0. The molecule has 4 rings (SSSR count). The highest BCUT2D eigenvalue weighted by Gasteiger charge is 2.41. The lowest BCUT2D eigenvalue weighted by Crippen LogP contribution is -2.58. The first-order valence-corrected chi connectivity index (χ1v) is 9.16. The Balaban J connectivity index is 1.63. The number of para-hydroxylation sites is 2. The second-order valence-corrected chi connectivity index (χ2v) is 7.34. The van der Waals surface area contributed by atoms with Gasteiger partial charge in [-0.3, -0.25) is 0 Å². The van der Waals surface area contributed by atoms with Crippen LogP contribution in [0.25, 0.3) is 0 Å². The Bertz CT molecular complexity index is 794. The van der Waals surface area contributed by atoms with E-state index in [9.17, 15) is 0 Å². The number of benzene rings is 2. The highest BCUT2D eigenvalue weighted by Crippen LogP contribution is 2.37. The fraction of sp³-hybridized carbons (Fsp3) is 0.350. The zero-order valence-electron chi connectivity index (χ0n) is 14.4. The summed E-state index contributed by atoms with van der Waals surface area (Å²) >= 11 is 6.32. The Morgan fingerprint density at radius 3 is 2.64 bits per heavy atom. The van der Waals surface area contributed by atoms with Gasteiger partial charge in [0.25, 0.3) is 0 Å². The standard InChI is InChI=1S/C20H23ClN4/c1-25-12-10-20(11-13-25)19(22-14-15-6-2-3-7-16(15)21)23-17-8-4-5-9-18(17)24-20/h2-9,24H,10-14H2,1H3,(H,22,23). The molecule has 1 spiro atoms. The average Bonchev–Trinajstić information content (AvgIpc) is 2.64. The van der Waals surface area contributed by atoms with E-state index in [0.29, 0.717) is 6.54 Å². The number of piperidine rings is 1. The summed E-state index contributed by atoms with van der Waals surface area (Å²) in [5.74, 6) is 1.03. The summed E-state index contributed by atoms with van der Waals surface area (Å²) in [4.78, 5) is 7.35. The Morgan fingerprint density at radius 2 is 1.84 bits per heavy atom. The van der Waals surface area contributed by atoms with Crippen LogP contribution in [-0.2, 0) is 6.54 Å². The number of nitrogens with one attached hydrogen (secondary N) is 2. The molecule has 130 valence electrons. The summed E-state index contributed by atoms with van der Waals surface area (Å²) in [7, 11) is 2.18. The van der Waals surface area contributed by atoms with E-state index in [0.717, 1.165) is 53.7 Å². The van der Waals surface area contributed by atoms with Crippen molar-refractivity contribution in [1.82, 2.24) is 10.2 Å². The first kappa shape index (κ1) is 16.4. The van der Waals surface area contributed by atoms with Crippen LogP contribution >= 0.6 is 11.6 Å². The Hall–Kier alpha value is -2.04. The topological polar surface area (TPSA) is 39.7 Å². The van der Waals surface area contributed by atoms with Crippen LogP contribution in [0.15, 0.2) is 53.5 Å². The van der Waals surface area contributed by atoms with Crippen LogP contribution in [0.4, 0.5) is 11.4 Å². The number of halogens is 1. The summed E-state index contributed by atoms with van der Waals surface area (Å²) in [5, 5.41) is 8.15. The van der Waals surface area contributed by atoms with Crippen molar-refractivity contribution in [2.45, 2.75) is 24.9 Å². The van der Waals surface area contributed by atoms with Crippen LogP contribution in [0.5, 0.6) is 0 Å². The SMILES string of the molecule is CN1CCC2(CC1)Nc1ccccc1N=C2NCc1ccccc1Cl. The second kappa shape index (κ2) is 6.70. The molecule has 2 aliphatic heterocycles. The Morgan fingerprint density at radius 1 is 1.12 bits per heavy atom. The maximum Gasteiger partial charge on any atom is 0.128 e. The lowest BCUT2D eigenvalue weighted by molar-refractivity contribution is 0.238. The molecular weight excluding hydrogens is 332 g/mol. The van der Waals surface area contributed by atoms with Crippen LogP contribution in [0.2, 0.25) is 5.02 Å². The van der Waals surface area contributed by atoms with E-state index in [-0.39, 0.29) is 5.54 Å². The second-order valence-electron chi connectivity index (χ2n) is 6.93. The van der Waals surface area contributed by atoms with E-state index in [1.807, 2.05) is 24.3 Å². The predicted octanol–water partition coefficient (Wildman–Crippen LogP) is 4.05. The molecule has 0 bridgehead atoms. The van der Waals surface area contributed by atoms with Gasteiger partial charge >= 0.3 is 0 Å². The fourth-order valence-electron chi connectivity index (χ4n) is 3.61. The molecule has 2 N–H and O–H groups in total. The van der Waals surface area contributed by atoms with Crippen LogP contribution in [0.1, 0.15) is 18.4 Å². The number of hydrogen-bond donors (Lipinski definition) is 2. The molecule has 2 aromatic rings. The molecule has 2 heterocycles. The van der Waals surface area contributed by atoms with Crippen LogP contribution in [0.3, 0.4) is 0 Å². The minimum Gasteiger partial charge on any atom is -0.371 e. The molecule has 1 saturated heterocycles. The fourth-order valence-corrected chi connectivity index (χ4v) is 3.82. The first-order chi connectivity index (χ1) is 12.2. The van der Waals surface area contributed by atoms with Crippen molar-refractivity contribution < 1.29 is 0 Å². The van der Waals surface area contributed by atoms with E-state index in [1.54, 1.807) is 0 Å². The summed E-state index contributed by atoms with van der Waals surface area (Å²) in [6, 6.07) is 16.2. The van der Waals surface area contributed by atoms with Crippen molar-refractivity contribution in [1.29, 1.82) is 0 Å². The van der Waals surface area contributed by atoms with Crippen LogP contribution in [0, 0.1) is 0 Å². The Labute approximate surface area is 153 Å². The van der Waals surface area contributed by atoms with E-state index in [1.165, 1.54) is 0 Å². The van der Waals surface area contributed by atoms with Gasteiger partial charge in [-0.05, 0) is 43.7 Å². The molecule has 0 atom stereocenters. The van der Waals surface area contributed by atoms with Crippen molar-refractivity contribution in [2.24, 2.45) is 4.99 Å². The van der Waals surface area contributed by atoms with Gasteiger partial charge in [0, 0.05) is 24.7 Å². The van der Waals surface area contributed by atoms with Crippen LogP contribution in [-0.4, -0.2) is 36.4 Å². The van der Waals surface area contributed by atoms with Crippen molar-refractivity contribution in [3.05, 3.63) is 59.1 Å². The molecule has 0 unspecified atom stereocenters. The minimum absolute atomic E-state index is 0.123. The summed E-state index contributed by atoms with van der Waals surface area (Å²) < 4.78 is 0. The lowest BCUT2D eigenvalue weighted by atomic mass is 9.84. The molecule has 0 saturated carbocycles. The molecule has 1 fully saturated rings. The Kier molecular flexibility index (Phi) is 4.40. The molecule has 25 heavy (non-hydrogen) atoms. The number of hydrogen-bond acceptors (Lipinski definition) is 4. The van der Waals surface area contributed by atoms with Crippen molar-refractivity contribution in [3.8, 4) is 0 Å². The van der Waals surface area contributed by atoms with E-state index in [4.69, 9.17) is 16.6 Å². The van der Waals surface area contributed by atoms with Gasteiger partial charge in [0.2, 0.25) is 0 Å². The number of nitrogens with zero attached hydrogens (tertiary/aromatic N) is 2. The number of amidine groups is 1. The van der Waals surface area contributed by atoms with Gasteiger partial charge in [-0.15, -0.1) is 0 Å². The molecule has 0 aliphatic carbocycles. The maximum absolute atomic E-state index is 6.32. The number of anilines is 1. The monoisotopic (exact) mass is 354 g/mol. The molecular formula is C20H23ClN4. The van der Waals surface area contributed by atoms with Gasteiger partial charge in [-0.1, -0.05) is 41.9 Å².